The van der Waals surface area contributed by atoms with Crippen LogP contribution in [-0.2, 0) is 6.54 Å². The SMILES string of the molecule is Cc1cc(C)n(C2CN(Cc3nnc(-c4ccccc4)o3)C2)n1. The minimum absolute atomic E-state index is 0.445. The highest BCUT2D eigenvalue weighted by molar-refractivity contribution is 5.51. The van der Waals surface area contributed by atoms with Crippen LogP contribution in [0.4, 0.5) is 0 Å². The highest BCUT2D eigenvalue weighted by Crippen LogP contribution is 2.25. The van der Waals surface area contributed by atoms with Gasteiger partial charge in [0.05, 0.1) is 18.3 Å². The molecule has 4 rings (SSSR count). The number of rotatable bonds is 4. The van der Waals surface area contributed by atoms with Crippen molar-refractivity contribution in [3.05, 3.63) is 53.7 Å². The fraction of sp³-hybridized carbons (Fsp3) is 0.353. The third-order valence-electron chi connectivity index (χ3n) is 4.17. The van der Waals surface area contributed by atoms with Crippen molar-refractivity contribution in [1.29, 1.82) is 0 Å². The average Bonchev–Trinajstić information content (AvgIpc) is 3.10. The molecule has 118 valence electrons. The van der Waals surface area contributed by atoms with Gasteiger partial charge in [-0.1, -0.05) is 18.2 Å². The lowest BCUT2D eigenvalue weighted by atomic mass is 10.1. The number of benzene rings is 1. The van der Waals surface area contributed by atoms with Crippen LogP contribution < -0.4 is 0 Å². The molecule has 1 aliphatic heterocycles. The molecule has 2 aromatic heterocycles. The summed E-state index contributed by atoms with van der Waals surface area (Å²) >= 11 is 0. The highest BCUT2D eigenvalue weighted by atomic mass is 16.4. The molecule has 1 aromatic carbocycles. The van der Waals surface area contributed by atoms with E-state index in [9.17, 15) is 0 Å². The molecule has 0 unspecified atom stereocenters. The third kappa shape index (κ3) is 2.77. The number of nitrogens with zero attached hydrogens (tertiary/aromatic N) is 5. The molecular weight excluding hydrogens is 290 g/mol. The summed E-state index contributed by atoms with van der Waals surface area (Å²) in [7, 11) is 0. The van der Waals surface area contributed by atoms with Crippen LogP contribution >= 0.6 is 0 Å². The van der Waals surface area contributed by atoms with Gasteiger partial charge < -0.3 is 4.42 Å². The predicted molar refractivity (Wildman–Crippen MR) is 85.7 cm³/mol. The molecule has 6 nitrogen and oxygen atoms in total. The van der Waals surface area contributed by atoms with Gasteiger partial charge in [-0.3, -0.25) is 9.58 Å². The van der Waals surface area contributed by atoms with Gasteiger partial charge in [-0.15, -0.1) is 10.2 Å². The zero-order valence-corrected chi connectivity index (χ0v) is 13.3. The van der Waals surface area contributed by atoms with Crippen LogP contribution in [0.5, 0.6) is 0 Å². The summed E-state index contributed by atoms with van der Waals surface area (Å²) in [6.07, 6.45) is 0. The van der Waals surface area contributed by atoms with E-state index < -0.39 is 0 Å². The van der Waals surface area contributed by atoms with Gasteiger partial charge in [0.25, 0.3) is 0 Å². The van der Waals surface area contributed by atoms with Crippen molar-refractivity contribution >= 4 is 0 Å². The fourth-order valence-electron chi connectivity index (χ4n) is 3.05. The smallest absolute Gasteiger partial charge is 0.247 e. The minimum Gasteiger partial charge on any atom is -0.419 e. The molecule has 0 spiro atoms. The average molecular weight is 309 g/mol. The Kier molecular flexibility index (Phi) is 3.46. The molecule has 3 heterocycles. The van der Waals surface area contributed by atoms with Crippen LogP contribution in [0.1, 0.15) is 23.3 Å². The van der Waals surface area contributed by atoms with Gasteiger partial charge in [-0.05, 0) is 32.0 Å². The van der Waals surface area contributed by atoms with Crippen LogP contribution in [-0.4, -0.2) is 38.0 Å². The summed E-state index contributed by atoms with van der Waals surface area (Å²) in [5.41, 5.74) is 3.25. The van der Waals surface area contributed by atoms with E-state index in [1.165, 1.54) is 5.69 Å². The Morgan fingerprint density at radius 2 is 1.91 bits per heavy atom. The van der Waals surface area contributed by atoms with Crippen molar-refractivity contribution < 1.29 is 4.42 Å². The molecule has 0 N–H and O–H groups in total. The molecule has 3 aromatic rings. The van der Waals surface area contributed by atoms with E-state index >= 15 is 0 Å². The zero-order valence-electron chi connectivity index (χ0n) is 13.3. The van der Waals surface area contributed by atoms with Crippen LogP contribution in [0.3, 0.4) is 0 Å². The van der Waals surface area contributed by atoms with Gasteiger partial charge in [-0.2, -0.15) is 5.10 Å². The summed E-state index contributed by atoms with van der Waals surface area (Å²) in [6, 6.07) is 12.4. The molecule has 0 aliphatic carbocycles. The van der Waals surface area contributed by atoms with E-state index in [-0.39, 0.29) is 0 Å². The van der Waals surface area contributed by atoms with E-state index in [0.717, 1.165) is 24.3 Å². The summed E-state index contributed by atoms with van der Waals surface area (Å²) in [4.78, 5) is 2.30. The first-order chi connectivity index (χ1) is 11.2. The first-order valence-corrected chi connectivity index (χ1v) is 7.82. The Hall–Kier alpha value is -2.47. The van der Waals surface area contributed by atoms with Crippen molar-refractivity contribution in [1.82, 2.24) is 24.9 Å². The molecule has 0 bridgehead atoms. The standard InChI is InChI=1S/C17H19N5O/c1-12-8-13(2)22(20-12)15-9-21(10-15)11-16-18-19-17(23-16)14-6-4-3-5-7-14/h3-8,15H,9-11H2,1-2H3. The van der Waals surface area contributed by atoms with Gasteiger partial charge in [0.2, 0.25) is 11.8 Å². The largest absolute Gasteiger partial charge is 0.419 e. The lowest BCUT2D eigenvalue weighted by molar-refractivity contribution is 0.0803. The first-order valence-electron chi connectivity index (χ1n) is 7.82. The molecule has 0 amide bonds. The topological polar surface area (TPSA) is 60.0 Å². The van der Waals surface area contributed by atoms with E-state index in [1.54, 1.807) is 0 Å². The summed E-state index contributed by atoms with van der Waals surface area (Å²) < 4.78 is 7.88. The van der Waals surface area contributed by atoms with Gasteiger partial charge in [0, 0.05) is 24.3 Å². The second kappa shape index (κ2) is 5.62. The van der Waals surface area contributed by atoms with E-state index in [0.29, 0.717) is 24.4 Å². The Labute approximate surface area is 134 Å². The summed E-state index contributed by atoms with van der Waals surface area (Å²) in [5.74, 6) is 1.24. The zero-order chi connectivity index (χ0) is 15.8. The second-order valence-corrected chi connectivity index (χ2v) is 6.09. The van der Waals surface area contributed by atoms with Crippen LogP contribution in [0, 0.1) is 13.8 Å². The maximum atomic E-state index is 5.76. The van der Waals surface area contributed by atoms with Crippen molar-refractivity contribution in [3.8, 4) is 11.5 Å². The molecule has 0 atom stereocenters. The first kappa shape index (κ1) is 14.1. The highest BCUT2D eigenvalue weighted by Gasteiger charge is 2.30. The molecule has 0 radical (unpaired) electrons. The lowest BCUT2D eigenvalue weighted by Gasteiger charge is -2.38. The quantitative estimate of drug-likeness (QED) is 0.741. The van der Waals surface area contributed by atoms with Crippen LogP contribution in [0.25, 0.3) is 11.5 Å². The van der Waals surface area contributed by atoms with Crippen molar-refractivity contribution in [2.75, 3.05) is 13.1 Å². The third-order valence-corrected chi connectivity index (χ3v) is 4.17. The predicted octanol–water partition coefficient (Wildman–Crippen LogP) is 2.61. The molecular formula is C17H19N5O. The second-order valence-electron chi connectivity index (χ2n) is 6.09. The summed E-state index contributed by atoms with van der Waals surface area (Å²) in [5, 5.41) is 12.8. The van der Waals surface area contributed by atoms with Crippen molar-refractivity contribution in [2.24, 2.45) is 0 Å². The van der Waals surface area contributed by atoms with E-state index in [1.807, 2.05) is 37.3 Å². The molecule has 1 saturated heterocycles. The maximum absolute atomic E-state index is 5.76. The van der Waals surface area contributed by atoms with Gasteiger partial charge in [-0.25, -0.2) is 0 Å². The molecule has 0 saturated carbocycles. The molecule has 23 heavy (non-hydrogen) atoms. The lowest BCUT2D eigenvalue weighted by Crippen LogP contribution is -2.47. The fourth-order valence-corrected chi connectivity index (χ4v) is 3.05. The van der Waals surface area contributed by atoms with Crippen molar-refractivity contribution in [2.45, 2.75) is 26.4 Å². The Morgan fingerprint density at radius 1 is 1.13 bits per heavy atom. The van der Waals surface area contributed by atoms with Gasteiger partial charge in [0.15, 0.2) is 0 Å². The van der Waals surface area contributed by atoms with Gasteiger partial charge in [0.1, 0.15) is 0 Å². The van der Waals surface area contributed by atoms with Crippen LogP contribution in [0.2, 0.25) is 0 Å². The number of aromatic nitrogens is 4. The maximum Gasteiger partial charge on any atom is 0.247 e. The Bertz CT molecular complexity index is 802. The molecule has 1 fully saturated rings. The van der Waals surface area contributed by atoms with E-state index in [4.69, 9.17) is 4.42 Å². The van der Waals surface area contributed by atoms with Gasteiger partial charge >= 0.3 is 0 Å². The number of hydrogen-bond donors (Lipinski definition) is 0. The molecule has 6 heteroatoms. The number of aryl methyl sites for hydroxylation is 2. The Morgan fingerprint density at radius 3 is 2.61 bits per heavy atom. The van der Waals surface area contributed by atoms with E-state index in [2.05, 4.69) is 37.9 Å². The van der Waals surface area contributed by atoms with Crippen LogP contribution in [0.15, 0.2) is 40.8 Å². The summed E-state index contributed by atoms with van der Waals surface area (Å²) in [6.45, 7) is 6.75. The minimum atomic E-state index is 0.445. The monoisotopic (exact) mass is 309 g/mol. The number of likely N-dealkylation sites (tertiary alicyclic amines) is 1. The number of hydrogen-bond acceptors (Lipinski definition) is 5. The normalized spacial score (nSPS) is 15.7. The van der Waals surface area contributed by atoms with Crippen molar-refractivity contribution in [3.63, 3.8) is 0 Å². The Balaban J connectivity index is 1.38. The molecule has 1 aliphatic rings.